The molecule has 0 aromatic carbocycles. The van der Waals surface area contributed by atoms with Gasteiger partial charge in [-0.2, -0.15) is 0 Å². The van der Waals surface area contributed by atoms with Gasteiger partial charge in [-0.05, 0) is 13.8 Å². The second-order valence-corrected chi connectivity index (χ2v) is 4.58. The summed E-state index contributed by atoms with van der Waals surface area (Å²) in [6.07, 6.45) is 1.62. The average Bonchev–Trinajstić information content (AvgIpc) is 2.29. The van der Waals surface area contributed by atoms with Gasteiger partial charge in [0.25, 0.3) is 0 Å². The molecule has 94 valence electrons. The number of rotatable bonds is 3. The SMILES string of the molecule is Cc1cc(N2CCN(CCO)CC2C)ncn1. The third-order valence-electron chi connectivity index (χ3n) is 3.21. The van der Waals surface area contributed by atoms with Crippen LogP contribution in [-0.4, -0.2) is 58.8 Å². The number of nitrogens with zero attached hydrogens (tertiary/aromatic N) is 4. The molecule has 1 aliphatic rings. The Morgan fingerprint density at radius 1 is 1.41 bits per heavy atom. The molecular formula is C12H20N4O. The lowest BCUT2D eigenvalue weighted by atomic mass is 10.2. The minimum atomic E-state index is 0.235. The van der Waals surface area contributed by atoms with Crippen molar-refractivity contribution in [1.29, 1.82) is 0 Å². The highest BCUT2D eigenvalue weighted by Gasteiger charge is 2.24. The van der Waals surface area contributed by atoms with Crippen LogP contribution in [0, 0.1) is 6.92 Å². The molecule has 1 saturated heterocycles. The van der Waals surface area contributed by atoms with Crippen LogP contribution in [0.3, 0.4) is 0 Å². The quantitative estimate of drug-likeness (QED) is 0.817. The van der Waals surface area contributed by atoms with E-state index in [0.29, 0.717) is 6.04 Å². The largest absolute Gasteiger partial charge is 0.395 e. The van der Waals surface area contributed by atoms with Crippen molar-refractivity contribution >= 4 is 5.82 Å². The molecule has 1 atom stereocenters. The highest BCUT2D eigenvalue weighted by Crippen LogP contribution is 2.17. The number of aliphatic hydroxyl groups is 1. The molecule has 0 aliphatic carbocycles. The maximum atomic E-state index is 8.95. The first-order chi connectivity index (χ1) is 8.20. The van der Waals surface area contributed by atoms with Gasteiger partial charge >= 0.3 is 0 Å². The average molecular weight is 236 g/mol. The van der Waals surface area contributed by atoms with Gasteiger partial charge in [-0.15, -0.1) is 0 Å². The molecule has 5 heteroatoms. The molecule has 1 unspecified atom stereocenters. The van der Waals surface area contributed by atoms with E-state index in [1.807, 2.05) is 13.0 Å². The molecule has 0 saturated carbocycles. The van der Waals surface area contributed by atoms with E-state index < -0.39 is 0 Å². The Bertz CT molecular complexity index is 371. The van der Waals surface area contributed by atoms with Gasteiger partial charge in [0.1, 0.15) is 12.1 Å². The van der Waals surface area contributed by atoms with Gasteiger partial charge in [-0.1, -0.05) is 0 Å². The second kappa shape index (κ2) is 5.42. The van der Waals surface area contributed by atoms with Crippen LogP contribution in [0.5, 0.6) is 0 Å². The summed E-state index contributed by atoms with van der Waals surface area (Å²) in [7, 11) is 0. The Hall–Kier alpha value is -1.20. The number of anilines is 1. The van der Waals surface area contributed by atoms with Crippen molar-refractivity contribution in [2.75, 3.05) is 37.7 Å². The third-order valence-corrected chi connectivity index (χ3v) is 3.21. The Balaban J connectivity index is 2.04. The van der Waals surface area contributed by atoms with E-state index in [2.05, 4.69) is 26.7 Å². The van der Waals surface area contributed by atoms with Crippen molar-refractivity contribution < 1.29 is 5.11 Å². The number of β-amino-alcohol motifs (C(OH)–C–C–N with tert-alkyl or cyclic N) is 1. The maximum absolute atomic E-state index is 8.95. The van der Waals surface area contributed by atoms with Crippen LogP contribution in [0.1, 0.15) is 12.6 Å². The molecule has 0 amide bonds. The predicted molar refractivity (Wildman–Crippen MR) is 67.1 cm³/mol. The van der Waals surface area contributed by atoms with Crippen molar-refractivity contribution in [1.82, 2.24) is 14.9 Å². The van der Waals surface area contributed by atoms with E-state index in [0.717, 1.165) is 37.7 Å². The zero-order chi connectivity index (χ0) is 12.3. The monoisotopic (exact) mass is 236 g/mol. The van der Waals surface area contributed by atoms with E-state index >= 15 is 0 Å². The smallest absolute Gasteiger partial charge is 0.132 e. The first-order valence-electron chi connectivity index (χ1n) is 6.09. The summed E-state index contributed by atoms with van der Waals surface area (Å²) in [6, 6.07) is 2.45. The molecule has 1 N–H and O–H groups in total. The number of aliphatic hydroxyl groups excluding tert-OH is 1. The van der Waals surface area contributed by atoms with Crippen molar-refractivity contribution in [2.45, 2.75) is 19.9 Å². The molecule has 1 fully saturated rings. The summed E-state index contributed by atoms with van der Waals surface area (Å²) < 4.78 is 0. The van der Waals surface area contributed by atoms with Crippen LogP contribution in [0.15, 0.2) is 12.4 Å². The number of aryl methyl sites for hydroxylation is 1. The number of hydrogen-bond acceptors (Lipinski definition) is 5. The molecular weight excluding hydrogens is 216 g/mol. The third kappa shape index (κ3) is 2.92. The Labute approximate surface area is 102 Å². The zero-order valence-electron chi connectivity index (χ0n) is 10.5. The summed E-state index contributed by atoms with van der Waals surface area (Å²) in [4.78, 5) is 13.0. The number of hydrogen-bond donors (Lipinski definition) is 1. The summed E-state index contributed by atoms with van der Waals surface area (Å²) >= 11 is 0. The lowest BCUT2D eigenvalue weighted by Gasteiger charge is -2.40. The van der Waals surface area contributed by atoms with Gasteiger partial charge in [-0.25, -0.2) is 9.97 Å². The van der Waals surface area contributed by atoms with Crippen molar-refractivity contribution in [3.63, 3.8) is 0 Å². The molecule has 0 bridgehead atoms. The Morgan fingerprint density at radius 2 is 2.24 bits per heavy atom. The highest BCUT2D eigenvalue weighted by atomic mass is 16.3. The molecule has 2 rings (SSSR count). The van der Waals surface area contributed by atoms with Crippen LogP contribution in [-0.2, 0) is 0 Å². The van der Waals surface area contributed by atoms with E-state index in [-0.39, 0.29) is 6.61 Å². The van der Waals surface area contributed by atoms with Crippen LogP contribution in [0.25, 0.3) is 0 Å². The molecule has 0 radical (unpaired) electrons. The predicted octanol–water partition coefficient (Wildman–Crippen LogP) is 0.288. The van der Waals surface area contributed by atoms with Gasteiger partial charge in [0.2, 0.25) is 0 Å². The fourth-order valence-electron chi connectivity index (χ4n) is 2.32. The molecule has 1 aromatic rings. The van der Waals surface area contributed by atoms with Crippen molar-refractivity contribution in [3.8, 4) is 0 Å². The molecule has 2 heterocycles. The Kier molecular flexibility index (Phi) is 3.91. The Morgan fingerprint density at radius 3 is 2.88 bits per heavy atom. The topological polar surface area (TPSA) is 52.5 Å². The lowest BCUT2D eigenvalue weighted by molar-refractivity contribution is 0.173. The normalized spacial score (nSPS) is 21.8. The zero-order valence-corrected chi connectivity index (χ0v) is 10.5. The van der Waals surface area contributed by atoms with Gasteiger partial charge in [0.15, 0.2) is 0 Å². The van der Waals surface area contributed by atoms with E-state index in [4.69, 9.17) is 5.11 Å². The summed E-state index contributed by atoms with van der Waals surface area (Å²) in [5.41, 5.74) is 1.000. The van der Waals surface area contributed by atoms with E-state index in [9.17, 15) is 0 Å². The molecule has 5 nitrogen and oxygen atoms in total. The molecule has 0 spiro atoms. The van der Waals surface area contributed by atoms with E-state index in [1.165, 1.54) is 0 Å². The standard InChI is InChI=1S/C12H20N4O/c1-10-7-12(14-9-13-10)16-4-3-15(5-6-17)8-11(16)2/h7,9,11,17H,3-6,8H2,1-2H3. The van der Waals surface area contributed by atoms with E-state index in [1.54, 1.807) is 6.33 Å². The van der Waals surface area contributed by atoms with Gasteiger partial charge < -0.3 is 10.0 Å². The second-order valence-electron chi connectivity index (χ2n) is 4.58. The van der Waals surface area contributed by atoms with Crippen LogP contribution >= 0.6 is 0 Å². The van der Waals surface area contributed by atoms with Crippen molar-refractivity contribution in [2.24, 2.45) is 0 Å². The highest BCUT2D eigenvalue weighted by molar-refractivity contribution is 5.40. The van der Waals surface area contributed by atoms with Gasteiger partial charge in [0.05, 0.1) is 6.61 Å². The molecule has 17 heavy (non-hydrogen) atoms. The first kappa shape index (κ1) is 12.3. The lowest BCUT2D eigenvalue weighted by Crippen LogP contribution is -2.52. The van der Waals surface area contributed by atoms with Crippen LogP contribution in [0.4, 0.5) is 5.82 Å². The fourth-order valence-corrected chi connectivity index (χ4v) is 2.32. The fraction of sp³-hybridized carbons (Fsp3) is 0.667. The number of aromatic nitrogens is 2. The minimum Gasteiger partial charge on any atom is -0.395 e. The van der Waals surface area contributed by atoms with Crippen LogP contribution < -0.4 is 4.90 Å². The van der Waals surface area contributed by atoms with Gasteiger partial charge in [0, 0.05) is 44.0 Å². The number of piperazine rings is 1. The summed E-state index contributed by atoms with van der Waals surface area (Å²) in [6.45, 7) is 8.09. The molecule has 1 aromatic heterocycles. The van der Waals surface area contributed by atoms with Crippen LogP contribution in [0.2, 0.25) is 0 Å². The first-order valence-corrected chi connectivity index (χ1v) is 6.09. The summed E-state index contributed by atoms with van der Waals surface area (Å²) in [5.74, 6) is 1.01. The minimum absolute atomic E-state index is 0.235. The van der Waals surface area contributed by atoms with Gasteiger partial charge in [-0.3, -0.25) is 4.90 Å². The summed E-state index contributed by atoms with van der Waals surface area (Å²) in [5, 5.41) is 8.95. The molecule has 1 aliphatic heterocycles. The maximum Gasteiger partial charge on any atom is 0.132 e. The van der Waals surface area contributed by atoms with Crippen molar-refractivity contribution in [3.05, 3.63) is 18.1 Å².